The van der Waals surface area contributed by atoms with Gasteiger partial charge < -0.3 is 4.42 Å². The molecule has 0 aliphatic heterocycles. The van der Waals surface area contributed by atoms with Crippen molar-refractivity contribution in [1.82, 2.24) is 10.2 Å². The lowest BCUT2D eigenvalue weighted by Crippen LogP contribution is -1.85. The third kappa shape index (κ3) is 1.97. The van der Waals surface area contributed by atoms with E-state index in [0.29, 0.717) is 5.89 Å². The predicted molar refractivity (Wildman–Crippen MR) is 50.1 cm³/mol. The Labute approximate surface area is 77.9 Å². The molecule has 1 aliphatic carbocycles. The van der Waals surface area contributed by atoms with Gasteiger partial charge in [0.1, 0.15) is 0 Å². The molecule has 13 heavy (non-hydrogen) atoms. The molecule has 1 heterocycles. The molecule has 0 atom stereocenters. The molecule has 0 bridgehead atoms. The number of nitrogens with zero attached hydrogens (tertiary/aromatic N) is 2. The van der Waals surface area contributed by atoms with Crippen molar-refractivity contribution in [3.05, 3.63) is 17.9 Å². The molecule has 1 aliphatic rings. The molecule has 0 unspecified atom stereocenters. The highest BCUT2D eigenvalue weighted by molar-refractivity contribution is 5.54. The Morgan fingerprint density at radius 3 is 2.92 bits per heavy atom. The maximum atomic E-state index is 5.50. The molecule has 2 rings (SSSR count). The van der Waals surface area contributed by atoms with Crippen LogP contribution in [0.4, 0.5) is 0 Å². The van der Waals surface area contributed by atoms with Crippen molar-refractivity contribution in [3.8, 4) is 0 Å². The van der Waals surface area contributed by atoms with E-state index in [0.717, 1.165) is 23.8 Å². The van der Waals surface area contributed by atoms with Crippen LogP contribution in [0.3, 0.4) is 0 Å². The lowest BCUT2D eigenvalue weighted by molar-refractivity contribution is 0.471. The molecule has 1 saturated carbocycles. The second-order valence-corrected chi connectivity index (χ2v) is 3.62. The van der Waals surface area contributed by atoms with E-state index >= 15 is 0 Å². The normalized spacial score (nSPS) is 17.8. The summed E-state index contributed by atoms with van der Waals surface area (Å²) >= 11 is 0. The van der Waals surface area contributed by atoms with Gasteiger partial charge in [-0.1, -0.05) is 6.08 Å². The molecular weight excluding hydrogens is 164 g/mol. The van der Waals surface area contributed by atoms with E-state index in [9.17, 15) is 0 Å². The number of rotatable bonds is 3. The monoisotopic (exact) mass is 178 g/mol. The molecule has 0 saturated heterocycles. The highest BCUT2D eigenvalue weighted by Crippen LogP contribution is 2.32. The van der Waals surface area contributed by atoms with Crippen LogP contribution in [0, 0.1) is 5.92 Å². The predicted octanol–water partition coefficient (Wildman–Crippen LogP) is 2.45. The highest BCUT2D eigenvalue weighted by atomic mass is 16.4. The summed E-state index contributed by atoms with van der Waals surface area (Å²) in [5.74, 6) is 2.26. The Balaban J connectivity index is 2.07. The molecule has 3 nitrogen and oxygen atoms in total. The summed E-state index contributed by atoms with van der Waals surface area (Å²) in [7, 11) is 0. The lowest BCUT2D eigenvalue weighted by atomic mass is 10.3. The Morgan fingerprint density at radius 1 is 1.54 bits per heavy atom. The zero-order chi connectivity index (χ0) is 9.26. The van der Waals surface area contributed by atoms with Crippen LogP contribution in [-0.4, -0.2) is 10.2 Å². The highest BCUT2D eigenvalue weighted by Gasteiger charge is 2.24. The van der Waals surface area contributed by atoms with Crippen molar-refractivity contribution in [2.75, 3.05) is 0 Å². The van der Waals surface area contributed by atoms with Gasteiger partial charge in [0.2, 0.25) is 11.8 Å². The van der Waals surface area contributed by atoms with E-state index in [2.05, 4.69) is 10.2 Å². The van der Waals surface area contributed by atoms with Crippen LogP contribution in [0.5, 0.6) is 0 Å². The van der Waals surface area contributed by atoms with E-state index in [4.69, 9.17) is 4.42 Å². The summed E-state index contributed by atoms with van der Waals surface area (Å²) in [6, 6.07) is 0. The molecule has 1 aromatic rings. The fraction of sp³-hybridized carbons (Fsp3) is 0.600. The van der Waals surface area contributed by atoms with Gasteiger partial charge in [-0.25, -0.2) is 0 Å². The van der Waals surface area contributed by atoms with Crippen LogP contribution >= 0.6 is 0 Å². The van der Waals surface area contributed by atoms with Gasteiger partial charge in [0, 0.05) is 12.0 Å². The summed E-state index contributed by atoms with van der Waals surface area (Å²) in [5, 5.41) is 7.99. The van der Waals surface area contributed by atoms with Gasteiger partial charge in [0.15, 0.2) is 0 Å². The van der Waals surface area contributed by atoms with Gasteiger partial charge in [0.25, 0.3) is 0 Å². The minimum Gasteiger partial charge on any atom is -0.421 e. The van der Waals surface area contributed by atoms with Crippen LogP contribution in [0.25, 0.3) is 5.57 Å². The number of allylic oxidation sites excluding steroid dienone is 2. The molecule has 70 valence electrons. The molecule has 0 spiro atoms. The standard InChI is InChI=1S/C10H14N2O/c1-3-7(2)10-12-11-9(13-10)6-8-4-5-8/h3,8H,4-6H2,1-2H3/b7-3-. The molecule has 1 fully saturated rings. The van der Waals surface area contributed by atoms with Crippen LogP contribution in [-0.2, 0) is 6.42 Å². The first-order valence-corrected chi connectivity index (χ1v) is 4.75. The van der Waals surface area contributed by atoms with Crippen molar-refractivity contribution in [1.29, 1.82) is 0 Å². The topological polar surface area (TPSA) is 38.9 Å². The minimum atomic E-state index is 0.665. The lowest BCUT2D eigenvalue weighted by Gasteiger charge is -1.90. The van der Waals surface area contributed by atoms with E-state index in [1.54, 1.807) is 0 Å². The van der Waals surface area contributed by atoms with Crippen LogP contribution in [0.1, 0.15) is 38.5 Å². The molecular formula is C10H14N2O. The second-order valence-electron chi connectivity index (χ2n) is 3.62. The Morgan fingerprint density at radius 2 is 2.31 bits per heavy atom. The van der Waals surface area contributed by atoms with E-state index < -0.39 is 0 Å². The van der Waals surface area contributed by atoms with Gasteiger partial charge in [0.05, 0.1) is 0 Å². The van der Waals surface area contributed by atoms with Crippen molar-refractivity contribution < 1.29 is 4.42 Å². The summed E-state index contributed by atoms with van der Waals surface area (Å²) in [4.78, 5) is 0. The Bertz CT molecular complexity index is 323. The maximum Gasteiger partial charge on any atom is 0.243 e. The Kier molecular flexibility index (Phi) is 2.17. The fourth-order valence-corrected chi connectivity index (χ4v) is 1.19. The number of hydrogen-bond acceptors (Lipinski definition) is 3. The number of hydrogen-bond donors (Lipinski definition) is 0. The minimum absolute atomic E-state index is 0.665. The zero-order valence-electron chi connectivity index (χ0n) is 8.08. The van der Waals surface area contributed by atoms with Gasteiger partial charge in [-0.2, -0.15) is 0 Å². The average molecular weight is 178 g/mol. The van der Waals surface area contributed by atoms with Crippen molar-refractivity contribution in [2.45, 2.75) is 33.1 Å². The maximum absolute atomic E-state index is 5.50. The second kappa shape index (κ2) is 3.32. The van der Waals surface area contributed by atoms with Crippen molar-refractivity contribution in [2.24, 2.45) is 5.92 Å². The molecule has 0 aromatic carbocycles. The van der Waals surface area contributed by atoms with E-state index in [1.807, 2.05) is 19.9 Å². The third-order valence-electron chi connectivity index (χ3n) is 2.40. The Hall–Kier alpha value is -1.12. The third-order valence-corrected chi connectivity index (χ3v) is 2.40. The summed E-state index contributed by atoms with van der Waals surface area (Å²) in [6.45, 7) is 3.95. The fourth-order valence-electron chi connectivity index (χ4n) is 1.19. The van der Waals surface area contributed by atoms with Crippen LogP contribution in [0.15, 0.2) is 10.5 Å². The first-order valence-electron chi connectivity index (χ1n) is 4.75. The van der Waals surface area contributed by atoms with Gasteiger partial charge >= 0.3 is 0 Å². The van der Waals surface area contributed by atoms with Crippen molar-refractivity contribution >= 4 is 5.57 Å². The van der Waals surface area contributed by atoms with Crippen molar-refractivity contribution in [3.63, 3.8) is 0 Å². The molecule has 3 heteroatoms. The zero-order valence-corrected chi connectivity index (χ0v) is 8.08. The SMILES string of the molecule is C/C=C(/C)c1nnc(CC2CC2)o1. The quantitative estimate of drug-likeness (QED) is 0.713. The summed E-state index contributed by atoms with van der Waals surface area (Å²) in [6.07, 6.45) is 5.58. The van der Waals surface area contributed by atoms with Gasteiger partial charge in [-0.3, -0.25) is 0 Å². The van der Waals surface area contributed by atoms with Crippen LogP contribution in [0.2, 0.25) is 0 Å². The molecule has 1 aromatic heterocycles. The van der Waals surface area contributed by atoms with Gasteiger partial charge in [-0.05, 0) is 32.6 Å². The van der Waals surface area contributed by atoms with E-state index in [-0.39, 0.29) is 0 Å². The average Bonchev–Trinajstić information content (AvgIpc) is 2.81. The van der Waals surface area contributed by atoms with Gasteiger partial charge in [-0.15, -0.1) is 10.2 Å². The van der Waals surface area contributed by atoms with E-state index in [1.165, 1.54) is 12.8 Å². The summed E-state index contributed by atoms with van der Waals surface area (Å²) in [5.41, 5.74) is 1.05. The molecule has 0 amide bonds. The first kappa shape index (κ1) is 8.48. The molecule has 0 N–H and O–H groups in total. The van der Waals surface area contributed by atoms with Crippen LogP contribution < -0.4 is 0 Å². The molecule has 0 radical (unpaired) electrons. The number of aromatic nitrogens is 2. The smallest absolute Gasteiger partial charge is 0.243 e. The largest absolute Gasteiger partial charge is 0.421 e. The summed E-state index contributed by atoms with van der Waals surface area (Å²) < 4.78 is 5.50. The first-order chi connectivity index (χ1) is 6.29.